The third-order valence-electron chi connectivity index (χ3n) is 1.84. The third kappa shape index (κ3) is 3.78. The van der Waals surface area contributed by atoms with Gasteiger partial charge in [0.25, 0.3) is 5.91 Å². The van der Waals surface area contributed by atoms with Gasteiger partial charge in [-0.1, -0.05) is 0 Å². The lowest BCUT2D eigenvalue weighted by Crippen LogP contribution is -2.46. The van der Waals surface area contributed by atoms with E-state index in [1.165, 1.54) is 0 Å². The minimum Gasteiger partial charge on any atom is -0.481 e. The minimum absolute atomic E-state index is 0.107. The number of aliphatic carboxylic acids is 1. The van der Waals surface area contributed by atoms with Crippen LogP contribution in [0.5, 0.6) is 0 Å². The molecule has 1 rings (SSSR count). The Bertz CT molecular complexity index is 402. The van der Waals surface area contributed by atoms with Gasteiger partial charge in [0.1, 0.15) is 6.04 Å². The second-order valence-corrected chi connectivity index (χ2v) is 3.15. The molecule has 1 aromatic heterocycles. The van der Waals surface area contributed by atoms with Gasteiger partial charge >= 0.3 is 12.1 Å². The lowest BCUT2D eigenvalue weighted by Gasteiger charge is -2.19. The number of halogens is 3. The molecule has 94 valence electrons. The molecule has 0 aromatic carbocycles. The van der Waals surface area contributed by atoms with Crippen molar-refractivity contribution in [2.24, 2.45) is 0 Å². The van der Waals surface area contributed by atoms with Gasteiger partial charge in [0.2, 0.25) is 0 Å². The molecule has 0 fully saturated rings. The number of carboxylic acids is 1. The molecule has 0 bridgehead atoms. The van der Waals surface area contributed by atoms with Gasteiger partial charge < -0.3 is 10.4 Å². The van der Waals surface area contributed by atoms with Crippen molar-refractivity contribution in [1.29, 1.82) is 0 Å². The number of carbonyl (C=O) groups is 2. The number of amides is 1. The smallest absolute Gasteiger partial charge is 0.409 e. The molecule has 0 radical (unpaired) electrons. The van der Waals surface area contributed by atoms with Crippen LogP contribution in [0.4, 0.5) is 13.2 Å². The highest BCUT2D eigenvalue weighted by atomic mass is 19.4. The van der Waals surface area contributed by atoms with E-state index in [0.29, 0.717) is 0 Å². The highest BCUT2D eigenvalue weighted by Gasteiger charge is 2.42. The number of aromatic nitrogens is 2. The summed E-state index contributed by atoms with van der Waals surface area (Å²) in [7, 11) is 0. The van der Waals surface area contributed by atoms with Crippen LogP contribution in [0.25, 0.3) is 0 Å². The summed E-state index contributed by atoms with van der Waals surface area (Å²) in [6.45, 7) is 0. The summed E-state index contributed by atoms with van der Waals surface area (Å²) in [5.41, 5.74) is -0.107. The quantitative estimate of drug-likeness (QED) is 0.728. The predicted octanol–water partition coefficient (Wildman–Crippen LogP) is 0.545. The van der Waals surface area contributed by atoms with Crippen molar-refractivity contribution in [2.45, 2.75) is 18.6 Å². The second-order valence-electron chi connectivity index (χ2n) is 3.15. The summed E-state index contributed by atoms with van der Waals surface area (Å²) in [4.78, 5) is 21.5. The van der Waals surface area contributed by atoms with Gasteiger partial charge in [-0.25, -0.2) is 0 Å². The van der Waals surface area contributed by atoms with Crippen molar-refractivity contribution in [3.63, 3.8) is 0 Å². The summed E-state index contributed by atoms with van der Waals surface area (Å²) in [6, 6.07) is -2.43. The fraction of sp³-hybridized carbons (Fsp3) is 0.375. The van der Waals surface area contributed by atoms with Crippen LogP contribution < -0.4 is 5.32 Å². The van der Waals surface area contributed by atoms with Gasteiger partial charge in [-0.05, 0) is 0 Å². The van der Waals surface area contributed by atoms with Crippen LogP contribution in [0.1, 0.15) is 16.8 Å². The maximum Gasteiger partial charge on any atom is 0.409 e. The molecule has 1 aromatic rings. The molecule has 0 spiro atoms. The first kappa shape index (κ1) is 13.0. The normalized spacial score (nSPS) is 13.1. The highest BCUT2D eigenvalue weighted by molar-refractivity contribution is 5.94. The van der Waals surface area contributed by atoms with E-state index in [1.54, 1.807) is 5.32 Å². The zero-order valence-electron chi connectivity index (χ0n) is 8.28. The molecule has 17 heavy (non-hydrogen) atoms. The van der Waals surface area contributed by atoms with E-state index in [4.69, 9.17) is 5.11 Å². The van der Waals surface area contributed by atoms with Crippen molar-refractivity contribution >= 4 is 11.9 Å². The lowest BCUT2D eigenvalue weighted by molar-refractivity contribution is -0.165. The van der Waals surface area contributed by atoms with Gasteiger partial charge in [-0.3, -0.25) is 14.7 Å². The molecule has 0 aliphatic heterocycles. The highest BCUT2D eigenvalue weighted by Crippen LogP contribution is 2.22. The van der Waals surface area contributed by atoms with Crippen molar-refractivity contribution in [2.75, 3.05) is 0 Å². The van der Waals surface area contributed by atoms with E-state index in [9.17, 15) is 22.8 Å². The van der Waals surface area contributed by atoms with Gasteiger partial charge in [-0.2, -0.15) is 18.3 Å². The van der Waals surface area contributed by atoms with Crippen LogP contribution in [0.3, 0.4) is 0 Å². The standard InChI is InChI=1S/C8H8F3N3O3/c9-8(10,11)5(1-6(15)16)14-7(17)4-2-12-13-3-4/h2-3,5H,1H2,(H,12,13)(H,14,17)(H,15,16). The number of rotatable bonds is 4. The number of carboxylic acid groups (broad SMARTS) is 1. The fourth-order valence-corrected chi connectivity index (χ4v) is 1.04. The molecule has 0 aliphatic rings. The Labute approximate surface area is 92.8 Å². The van der Waals surface area contributed by atoms with E-state index < -0.39 is 30.5 Å². The number of nitrogens with zero attached hydrogens (tertiary/aromatic N) is 1. The Morgan fingerprint density at radius 3 is 2.59 bits per heavy atom. The minimum atomic E-state index is -4.82. The Balaban J connectivity index is 2.73. The SMILES string of the molecule is O=C(O)CC(NC(=O)c1cn[nH]c1)C(F)(F)F. The summed E-state index contributed by atoms with van der Waals surface area (Å²) >= 11 is 0. The Kier molecular flexibility index (Phi) is 3.71. The number of nitrogens with one attached hydrogen (secondary N) is 2. The second kappa shape index (κ2) is 4.85. The van der Waals surface area contributed by atoms with Gasteiger partial charge in [0, 0.05) is 6.20 Å². The summed E-state index contributed by atoms with van der Waals surface area (Å²) in [5, 5.41) is 15.6. The van der Waals surface area contributed by atoms with Crippen molar-refractivity contribution < 1.29 is 27.9 Å². The molecule has 1 atom stereocenters. The van der Waals surface area contributed by atoms with Gasteiger partial charge in [0.15, 0.2) is 0 Å². The Morgan fingerprint density at radius 1 is 1.53 bits per heavy atom. The lowest BCUT2D eigenvalue weighted by atomic mass is 10.2. The molecule has 1 unspecified atom stereocenters. The maximum atomic E-state index is 12.4. The molecule has 0 saturated heterocycles. The average Bonchev–Trinajstić information content (AvgIpc) is 2.66. The van der Waals surface area contributed by atoms with E-state index in [0.717, 1.165) is 12.4 Å². The van der Waals surface area contributed by atoms with Crippen molar-refractivity contribution in [3.8, 4) is 0 Å². The zero-order valence-corrected chi connectivity index (χ0v) is 8.28. The Morgan fingerprint density at radius 2 is 2.18 bits per heavy atom. The molecule has 0 saturated carbocycles. The largest absolute Gasteiger partial charge is 0.481 e. The molecule has 9 heteroatoms. The van der Waals surface area contributed by atoms with Crippen LogP contribution in [0, 0.1) is 0 Å². The predicted molar refractivity (Wildman–Crippen MR) is 48.1 cm³/mol. The number of hydrogen-bond donors (Lipinski definition) is 3. The monoisotopic (exact) mass is 251 g/mol. The van der Waals surface area contributed by atoms with Crippen molar-refractivity contribution in [1.82, 2.24) is 15.5 Å². The summed E-state index contributed by atoms with van der Waals surface area (Å²) in [5.74, 6) is -2.69. The van der Waals surface area contributed by atoms with Crippen molar-refractivity contribution in [3.05, 3.63) is 18.0 Å². The first-order valence-corrected chi connectivity index (χ1v) is 4.39. The maximum absolute atomic E-state index is 12.4. The summed E-state index contributed by atoms with van der Waals surface area (Å²) in [6.07, 6.45) is -3.92. The molecule has 1 heterocycles. The number of carbonyl (C=O) groups excluding carboxylic acids is 1. The van der Waals surface area contributed by atoms with Gasteiger partial charge in [0.05, 0.1) is 18.2 Å². The van der Waals surface area contributed by atoms with Crippen LogP contribution in [0.15, 0.2) is 12.4 Å². The third-order valence-corrected chi connectivity index (χ3v) is 1.84. The summed E-state index contributed by atoms with van der Waals surface area (Å²) < 4.78 is 37.1. The van der Waals surface area contributed by atoms with E-state index in [-0.39, 0.29) is 5.56 Å². The molecular weight excluding hydrogens is 243 g/mol. The van der Waals surface area contributed by atoms with E-state index in [1.807, 2.05) is 0 Å². The topological polar surface area (TPSA) is 95.1 Å². The number of aromatic amines is 1. The van der Waals surface area contributed by atoms with Crippen LogP contribution in [0.2, 0.25) is 0 Å². The number of H-pyrrole nitrogens is 1. The molecule has 3 N–H and O–H groups in total. The average molecular weight is 251 g/mol. The fourth-order valence-electron chi connectivity index (χ4n) is 1.04. The first-order valence-electron chi connectivity index (χ1n) is 4.39. The van der Waals surface area contributed by atoms with Crippen LogP contribution >= 0.6 is 0 Å². The number of hydrogen-bond acceptors (Lipinski definition) is 3. The van der Waals surface area contributed by atoms with E-state index >= 15 is 0 Å². The molecule has 1 amide bonds. The van der Waals surface area contributed by atoms with Gasteiger partial charge in [-0.15, -0.1) is 0 Å². The van der Waals surface area contributed by atoms with E-state index in [2.05, 4.69) is 10.2 Å². The van der Waals surface area contributed by atoms with Crippen LogP contribution in [-0.4, -0.2) is 39.4 Å². The van der Waals surface area contributed by atoms with Crippen LogP contribution in [-0.2, 0) is 4.79 Å². The Hall–Kier alpha value is -2.06. The first-order chi connectivity index (χ1) is 7.80. The molecular formula is C8H8F3N3O3. The number of alkyl halides is 3. The molecule has 0 aliphatic carbocycles. The zero-order chi connectivity index (χ0) is 13.1. The molecule has 6 nitrogen and oxygen atoms in total.